The minimum absolute atomic E-state index is 0.00906. The fourth-order valence-electron chi connectivity index (χ4n) is 5.19. The lowest BCUT2D eigenvalue weighted by atomic mass is 9.95. The van der Waals surface area contributed by atoms with Gasteiger partial charge in [-0.25, -0.2) is 13.6 Å². The maximum atomic E-state index is 15.2. The molecule has 0 bridgehead atoms. The Morgan fingerprint density at radius 2 is 1.90 bits per heavy atom. The first-order valence-corrected chi connectivity index (χ1v) is 14.2. The number of benzene rings is 2. The number of nitrogens with zero attached hydrogens (tertiary/aromatic N) is 4. The van der Waals surface area contributed by atoms with Crippen molar-refractivity contribution >= 4 is 46.0 Å². The first-order valence-electron chi connectivity index (χ1n) is 12.9. The number of halogens is 6. The van der Waals surface area contributed by atoms with Crippen molar-refractivity contribution in [3.05, 3.63) is 63.6 Å². The molecule has 42 heavy (non-hydrogen) atoms. The molecular formula is C27H25ClF5N5O3S. The number of amides is 1. The van der Waals surface area contributed by atoms with Gasteiger partial charge in [0.2, 0.25) is 5.91 Å². The molecule has 0 saturated carbocycles. The van der Waals surface area contributed by atoms with Gasteiger partial charge in [-0.1, -0.05) is 18.2 Å². The Balaban J connectivity index is 1.80. The smallest absolute Gasteiger partial charge is 0.374 e. The summed E-state index contributed by atoms with van der Waals surface area (Å²) in [6.45, 7) is 4.61. The second-order valence-electron chi connectivity index (χ2n) is 9.71. The number of piperazine rings is 1. The number of aromatic nitrogens is 2. The van der Waals surface area contributed by atoms with E-state index in [1.807, 2.05) is 0 Å². The van der Waals surface area contributed by atoms with Crippen LogP contribution < -0.4 is 16.3 Å². The molecule has 3 heterocycles. The van der Waals surface area contributed by atoms with Crippen LogP contribution in [0.15, 0.2) is 40.5 Å². The van der Waals surface area contributed by atoms with E-state index < -0.39 is 51.3 Å². The highest BCUT2D eigenvalue weighted by Crippen LogP contribution is 2.49. The molecule has 2 N–H and O–H groups in total. The van der Waals surface area contributed by atoms with Crippen molar-refractivity contribution in [2.45, 2.75) is 23.7 Å². The average molecular weight is 630 g/mol. The van der Waals surface area contributed by atoms with Gasteiger partial charge < -0.3 is 20.3 Å². The third-order valence-electron chi connectivity index (χ3n) is 7.12. The van der Waals surface area contributed by atoms with Crippen molar-refractivity contribution in [2.75, 3.05) is 50.0 Å². The van der Waals surface area contributed by atoms with Gasteiger partial charge >= 0.3 is 11.9 Å². The monoisotopic (exact) mass is 629 g/mol. The van der Waals surface area contributed by atoms with Crippen LogP contribution in [0.2, 0.25) is 5.02 Å². The van der Waals surface area contributed by atoms with E-state index >= 15 is 4.39 Å². The Labute approximate surface area is 245 Å². The molecule has 1 saturated heterocycles. The molecule has 8 nitrogen and oxygen atoms in total. The largest absolute Gasteiger partial charge is 0.417 e. The highest BCUT2D eigenvalue weighted by molar-refractivity contribution is 7.99. The van der Waals surface area contributed by atoms with E-state index in [1.54, 1.807) is 4.90 Å². The molecule has 2 aliphatic rings. The summed E-state index contributed by atoms with van der Waals surface area (Å²) < 4.78 is 80.5. The van der Waals surface area contributed by atoms with E-state index in [0.717, 1.165) is 23.9 Å². The van der Waals surface area contributed by atoms with Crippen LogP contribution in [0.3, 0.4) is 0 Å². The molecule has 224 valence electrons. The summed E-state index contributed by atoms with van der Waals surface area (Å²) in [5, 5.41) is -0.542. The Morgan fingerprint density at radius 1 is 1.19 bits per heavy atom. The van der Waals surface area contributed by atoms with E-state index in [0.29, 0.717) is 6.07 Å². The van der Waals surface area contributed by atoms with Gasteiger partial charge in [0.25, 0.3) is 0 Å². The van der Waals surface area contributed by atoms with Crippen LogP contribution in [0.25, 0.3) is 22.0 Å². The molecule has 1 atom stereocenters. The molecule has 0 radical (unpaired) electrons. The van der Waals surface area contributed by atoms with Gasteiger partial charge in [-0.15, -0.1) is 11.8 Å². The van der Waals surface area contributed by atoms with E-state index in [9.17, 15) is 27.2 Å². The predicted molar refractivity (Wildman–Crippen MR) is 150 cm³/mol. The first kappa shape index (κ1) is 30.3. The second-order valence-corrected chi connectivity index (χ2v) is 11.1. The molecule has 3 aromatic rings. The minimum atomic E-state index is -4.98. The number of hydrogen-bond acceptors (Lipinski definition) is 7. The summed E-state index contributed by atoms with van der Waals surface area (Å²) >= 11 is 6.87. The van der Waals surface area contributed by atoms with Crippen LogP contribution in [-0.2, 0) is 22.3 Å². The average Bonchev–Trinajstić information content (AvgIpc) is 3.15. The molecule has 1 unspecified atom stereocenters. The Morgan fingerprint density at radius 3 is 2.55 bits per heavy atom. The number of carbonyl (C=O) groups is 1. The number of anilines is 1. The summed E-state index contributed by atoms with van der Waals surface area (Å²) in [6.07, 6.45) is -4.44. The number of carbonyl (C=O) groups excluding carboxylic acids is 1. The lowest BCUT2D eigenvalue weighted by Gasteiger charge is -2.35. The van der Waals surface area contributed by atoms with Crippen LogP contribution in [0.1, 0.15) is 5.56 Å². The second kappa shape index (κ2) is 11.8. The number of hydrogen-bond donors (Lipinski definition) is 1. The van der Waals surface area contributed by atoms with Crippen LogP contribution in [0.4, 0.5) is 27.8 Å². The summed E-state index contributed by atoms with van der Waals surface area (Å²) in [6, 6.07) is 2.08. The third-order valence-corrected chi connectivity index (χ3v) is 8.63. The van der Waals surface area contributed by atoms with E-state index in [-0.39, 0.29) is 79.2 Å². The van der Waals surface area contributed by atoms with E-state index in [1.165, 1.54) is 15.5 Å². The maximum Gasteiger partial charge on any atom is 0.417 e. The summed E-state index contributed by atoms with van der Waals surface area (Å²) in [7, 11) is 0. The highest BCUT2D eigenvalue weighted by Gasteiger charge is 2.39. The zero-order chi connectivity index (χ0) is 30.3. The normalized spacial score (nSPS) is 17.5. The molecule has 0 aliphatic carbocycles. The van der Waals surface area contributed by atoms with Gasteiger partial charge in [0.05, 0.1) is 35.4 Å². The van der Waals surface area contributed by atoms with Gasteiger partial charge in [0.1, 0.15) is 17.5 Å². The number of alkyl halides is 3. The van der Waals surface area contributed by atoms with Gasteiger partial charge in [0.15, 0.2) is 0 Å². The molecule has 0 spiro atoms. The van der Waals surface area contributed by atoms with Crippen molar-refractivity contribution in [1.29, 1.82) is 0 Å². The van der Waals surface area contributed by atoms with E-state index in [4.69, 9.17) is 22.1 Å². The summed E-state index contributed by atoms with van der Waals surface area (Å²) in [4.78, 5) is 32.9. The number of rotatable bonds is 6. The van der Waals surface area contributed by atoms with Crippen molar-refractivity contribution in [3.63, 3.8) is 0 Å². The number of ether oxygens (including phenoxy) is 1. The molecule has 1 aromatic heterocycles. The Hall–Kier alpha value is -3.20. The fourth-order valence-corrected chi connectivity index (χ4v) is 6.62. The molecule has 2 aromatic carbocycles. The van der Waals surface area contributed by atoms with Gasteiger partial charge in [-0.05, 0) is 18.2 Å². The zero-order valence-corrected chi connectivity index (χ0v) is 23.6. The first-order chi connectivity index (χ1) is 19.9. The zero-order valence-electron chi connectivity index (χ0n) is 22.0. The SMILES string of the molecule is C=CC(=O)N1CCN(c2nc(=O)n3c4c(c(-c5cc(Cl)c(F)cc5F)c(C(F)(F)F)cc24)SCC(OCCN)C3)CC1. The quantitative estimate of drug-likeness (QED) is 0.247. The predicted octanol–water partition coefficient (Wildman–Crippen LogP) is 4.30. The Bertz CT molecular complexity index is 1620. The number of thioether (sulfide) groups is 1. The molecule has 5 rings (SSSR count). The van der Waals surface area contributed by atoms with Gasteiger partial charge in [-0.2, -0.15) is 18.2 Å². The molecular weight excluding hydrogens is 605 g/mol. The van der Waals surface area contributed by atoms with Crippen LogP contribution >= 0.6 is 23.4 Å². The lowest BCUT2D eigenvalue weighted by molar-refractivity contribution is -0.137. The van der Waals surface area contributed by atoms with Crippen LogP contribution in [0, 0.1) is 11.6 Å². The van der Waals surface area contributed by atoms with Crippen LogP contribution in [-0.4, -0.2) is 71.5 Å². The standard InChI is InChI=1S/C27H25ClF5N5O3S/c1-2-21(39)36-4-6-37(7-5-36)25-16-9-17(27(31,32)33)22(15-10-18(28)20(30)11-19(15)29)24-23(16)38(26(40)35-25)12-14(13-42-24)41-8-3-34/h2,9-11,14H,1,3-8,12-13,34H2. The van der Waals surface area contributed by atoms with Crippen molar-refractivity contribution in [2.24, 2.45) is 5.73 Å². The highest BCUT2D eigenvalue weighted by atomic mass is 35.5. The lowest BCUT2D eigenvalue weighted by Crippen LogP contribution is -2.49. The number of nitrogens with two attached hydrogens (primary N) is 1. The van der Waals surface area contributed by atoms with Crippen molar-refractivity contribution in [3.8, 4) is 11.1 Å². The van der Waals surface area contributed by atoms with Crippen molar-refractivity contribution < 1.29 is 31.5 Å². The minimum Gasteiger partial charge on any atom is -0.374 e. The van der Waals surface area contributed by atoms with Gasteiger partial charge in [0, 0.05) is 66.0 Å². The van der Waals surface area contributed by atoms with Gasteiger partial charge in [-0.3, -0.25) is 9.36 Å². The third kappa shape index (κ3) is 5.60. The molecule has 15 heteroatoms. The topological polar surface area (TPSA) is 93.7 Å². The van der Waals surface area contributed by atoms with Crippen molar-refractivity contribution in [1.82, 2.24) is 14.5 Å². The summed E-state index contributed by atoms with van der Waals surface area (Å²) in [5.74, 6) is -2.54. The Kier molecular flexibility index (Phi) is 8.52. The summed E-state index contributed by atoms with van der Waals surface area (Å²) in [5.41, 5.74) is 2.61. The van der Waals surface area contributed by atoms with Crippen LogP contribution in [0.5, 0.6) is 0 Å². The molecule has 1 fully saturated rings. The van der Waals surface area contributed by atoms with E-state index in [2.05, 4.69) is 11.6 Å². The fraction of sp³-hybridized carbons (Fsp3) is 0.370. The maximum absolute atomic E-state index is 15.2. The molecule has 1 amide bonds. The molecule has 2 aliphatic heterocycles.